The van der Waals surface area contributed by atoms with E-state index in [2.05, 4.69) is 15.0 Å². The van der Waals surface area contributed by atoms with E-state index in [1.807, 2.05) is 4.57 Å². The zero-order chi connectivity index (χ0) is 24.1. The summed E-state index contributed by atoms with van der Waals surface area (Å²) in [7, 11) is 0. The summed E-state index contributed by atoms with van der Waals surface area (Å²) in [6, 6.07) is 11.5. The number of piperidine rings is 1. The molecule has 1 fully saturated rings. The van der Waals surface area contributed by atoms with Crippen molar-refractivity contribution in [3.8, 4) is 11.5 Å². The maximum absolute atomic E-state index is 12.8. The summed E-state index contributed by atoms with van der Waals surface area (Å²) in [5, 5.41) is 3.99. The maximum atomic E-state index is 12.8. The van der Waals surface area contributed by atoms with Gasteiger partial charge in [0, 0.05) is 11.6 Å². The summed E-state index contributed by atoms with van der Waals surface area (Å²) in [4.78, 5) is 15.9. The zero-order valence-electron chi connectivity index (χ0n) is 18.4. The third kappa shape index (κ3) is 6.01. The fraction of sp³-hybridized carbons (Fsp3) is 0.417. The molecule has 0 saturated carbocycles. The number of imidazole rings is 1. The van der Waals surface area contributed by atoms with Crippen molar-refractivity contribution in [2.24, 2.45) is 5.92 Å². The molecule has 1 aliphatic rings. The van der Waals surface area contributed by atoms with E-state index >= 15 is 0 Å². The molecule has 2 aromatic carbocycles. The number of carbonyl (C=O) groups is 1. The lowest BCUT2D eigenvalue weighted by molar-refractivity contribution is -0.189. The third-order valence-electron chi connectivity index (χ3n) is 5.83. The molecule has 0 radical (unpaired) electrons. The number of halogens is 4. The minimum Gasteiger partial charge on any atom is -0.486 e. The SMILES string of the molecule is O=C(Oc1cccc2c1nc(COc1ccc(Cl)cc1)n2CCCC1CCCNC1)C(F)(F)F. The van der Waals surface area contributed by atoms with Crippen molar-refractivity contribution in [1.29, 1.82) is 0 Å². The average molecular weight is 496 g/mol. The van der Waals surface area contributed by atoms with Crippen molar-refractivity contribution in [3.05, 3.63) is 53.3 Å². The smallest absolute Gasteiger partial charge is 0.486 e. The van der Waals surface area contributed by atoms with Gasteiger partial charge in [-0.05, 0) is 81.1 Å². The molecule has 6 nitrogen and oxygen atoms in total. The van der Waals surface area contributed by atoms with Crippen LogP contribution in [0.25, 0.3) is 11.0 Å². The normalized spacial score (nSPS) is 16.5. The van der Waals surface area contributed by atoms with Gasteiger partial charge in [-0.2, -0.15) is 13.2 Å². The van der Waals surface area contributed by atoms with Crippen LogP contribution >= 0.6 is 11.6 Å². The molecule has 2 heterocycles. The summed E-state index contributed by atoms with van der Waals surface area (Å²) in [6.45, 7) is 2.75. The molecule has 10 heteroatoms. The molecule has 1 N–H and O–H groups in total. The highest BCUT2D eigenvalue weighted by atomic mass is 35.5. The number of hydrogen-bond acceptors (Lipinski definition) is 5. The molecule has 1 aromatic heterocycles. The van der Waals surface area contributed by atoms with Gasteiger partial charge in [-0.3, -0.25) is 0 Å². The Bertz CT molecular complexity index is 1130. The van der Waals surface area contributed by atoms with Gasteiger partial charge < -0.3 is 19.4 Å². The number of alkyl halides is 3. The topological polar surface area (TPSA) is 65.4 Å². The molecule has 0 amide bonds. The molecule has 4 rings (SSSR count). The van der Waals surface area contributed by atoms with Gasteiger partial charge >= 0.3 is 12.1 Å². The highest BCUT2D eigenvalue weighted by Crippen LogP contribution is 2.30. The van der Waals surface area contributed by atoms with Gasteiger partial charge in [-0.1, -0.05) is 17.7 Å². The predicted octanol–water partition coefficient (Wildman–Crippen LogP) is 5.52. The molecular weight excluding hydrogens is 471 g/mol. The number of para-hydroxylation sites is 1. The summed E-state index contributed by atoms with van der Waals surface area (Å²) in [5.41, 5.74) is 0.776. The van der Waals surface area contributed by atoms with E-state index in [0.717, 1.165) is 32.4 Å². The fourth-order valence-electron chi connectivity index (χ4n) is 4.16. The monoisotopic (exact) mass is 495 g/mol. The Morgan fingerprint density at radius 3 is 2.71 bits per heavy atom. The second-order valence-corrected chi connectivity index (χ2v) is 8.72. The van der Waals surface area contributed by atoms with E-state index in [1.54, 1.807) is 36.4 Å². The molecule has 3 aromatic rings. The Kier molecular flexibility index (Phi) is 7.63. The number of esters is 1. The Morgan fingerprint density at radius 2 is 2.00 bits per heavy atom. The zero-order valence-corrected chi connectivity index (χ0v) is 19.2. The number of aromatic nitrogens is 2. The van der Waals surface area contributed by atoms with Crippen LogP contribution in [0.2, 0.25) is 5.02 Å². The lowest BCUT2D eigenvalue weighted by Crippen LogP contribution is -2.29. The number of ether oxygens (including phenoxy) is 2. The summed E-state index contributed by atoms with van der Waals surface area (Å²) in [6.07, 6.45) is -0.862. The Hall–Kier alpha value is -2.78. The fourth-order valence-corrected chi connectivity index (χ4v) is 4.28. The van der Waals surface area contributed by atoms with Crippen molar-refractivity contribution in [2.75, 3.05) is 13.1 Å². The van der Waals surface area contributed by atoms with Crippen molar-refractivity contribution in [2.45, 2.75) is 45.0 Å². The van der Waals surface area contributed by atoms with Crippen molar-refractivity contribution < 1.29 is 27.4 Å². The Morgan fingerprint density at radius 1 is 1.21 bits per heavy atom. The van der Waals surface area contributed by atoms with E-state index in [4.69, 9.17) is 16.3 Å². The number of benzene rings is 2. The Balaban J connectivity index is 1.58. The third-order valence-corrected chi connectivity index (χ3v) is 6.08. The molecule has 1 unspecified atom stereocenters. The van der Waals surface area contributed by atoms with Crippen LogP contribution in [0.15, 0.2) is 42.5 Å². The van der Waals surface area contributed by atoms with E-state index in [9.17, 15) is 18.0 Å². The van der Waals surface area contributed by atoms with Crippen LogP contribution in [0.1, 0.15) is 31.5 Å². The van der Waals surface area contributed by atoms with Crippen LogP contribution in [0, 0.1) is 5.92 Å². The molecule has 1 aliphatic heterocycles. The molecule has 34 heavy (non-hydrogen) atoms. The van der Waals surface area contributed by atoms with E-state index in [-0.39, 0.29) is 17.9 Å². The summed E-state index contributed by atoms with van der Waals surface area (Å²) in [5.74, 6) is -0.802. The van der Waals surface area contributed by atoms with Crippen LogP contribution in [-0.2, 0) is 17.9 Å². The number of rotatable bonds is 8. The molecule has 1 atom stereocenters. The summed E-state index contributed by atoms with van der Waals surface area (Å²) >= 11 is 5.92. The Labute approximate surface area is 200 Å². The minimum absolute atomic E-state index is 0.0912. The highest BCUT2D eigenvalue weighted by molar-refractivity contribution is 6.30. The largest absolute Gasteiger partial charge is 0.491 e. The molecule has 1 saturated heterocycles. The molecular formula is C24H25ClF3N3O3. The number of nitrogens with one attached hydrogen (secondary N) is 1. The second kappa shape index (κ2) is 10.7. The molecule has 0 aliphatic carbocycles. The number of aryl methyl sites for hydroxylation is 1. The van der Waals surface area contributed by atoms with Gasteiger partial charge in [0.25, 0.3) is 0 Å². The first kappa shape index (κ1) is 24.3. The van der Waals surface area contributed by atoms with Crippen LogP contribution in [-0.4, -0.2) is 34.8 Å². The van der Waals surface area contributed by atoms with Gasteiger partial charge in [-0.25, -0.2) is 9.78 Å². The lowest BCUT2D eigenvalue weighted by atomic mass is 9.95. The van der Waals surface area contributed by atoms with Gasteiger partial charge in [0.1, 0.15) is 23.7 Å². The second-order valence-electron chi connectivity index (χ2n) is 8.29. The van der Waals surface area contributed by atoms with Gasteiger partial charge in [0.15, 0.2) is 5.75 Å². The molecule has 182 valence electrons. The van der Waals surface area contributed by atoms with Gasteiger partial charge in [-0.15, -0.1) is 0 Å². The predicted molar refractivity (Wildman–Crippen MR) is 122 cm³/mol. The lowest BCUT2D eigenvalue weighted by Gasteiger charge is -2.22. The van der Waals surface area contributed by atoms with Crippen LogP contribution < -0.4 is 14.8 Å². The molecule has 0 spiro atoms. The van der Waals surface area contributed by atoms with Crippen molar-refractivity contribution >= 4 is 28.6 Å². The molecule has 0 bridgehead atoms. The number of nitrogens with zero attached hydrogens (tertiary/aromatic N) is 2. The first-order valence-electron chi connectivity index (χ1n) is 11.2. The van der Waals surface area contributed by atoms with Gasteiger partial charge in [0.2, 0.25) is 0 Å². The highest BCUT2D eigenvalue weighted by Gasteiger charge is 2.41. The number of hydrogen-bond donors (Lipinski definition) is 1. The van der Waals surface area contributed by atoms with E-state index < -0.39 is 12.1 Å². The standard InChI is InChI=1S/C24H25ClF3N3O3/c25-17-8-10-18(11-9-17)33-15-21-30-22-19(6-1-7-20(22)34-23(32)24(26,27)28)31(21)13-3-5-16-4-2-12-29-14-16/h1,6-11,16,29H,2-5,12-15H2. The average Bonchev–Trinajstić information content (AvgIpc) is 3.17. The van der Waals surface area contributed by atoms with Gasteiger partial charge in [0.05, 0.1) is 5.52 Å². The van der Waals surface area contributed by atoms with E-state index in [1.165, 1.54) is 12.5 Å². The van der Waals surface area contributed by atoms with Crippen LogP contribution in [0.5, 0.6) is 11.5 Å². The quantitative estimate of drug-likeness (QED) is 0.329. The van der Waals surface area contributed by atoms with E-state index in [0.29, 0.717) is 34.6 Å². The number of fused-ring (bicyclic) bond motifs is 1. The maximum Gasteiger partial charge on any atom is 0.491 e. The number of carbonyl (C=O) groups excluding carboxylic acids is 1. The first-order chi connectivity index (χ1) is 16.3. The van der Waals surface area contributed by atoms with Crippen LogP contribution in [0.4, 0.5) is 13.2 Å². The van der Waals surface area contributed by atoms with Crippen molar-refractivity contribution in [3.63, 3.8) is 0 Å². The van der Waals surface area contributed by atoms with Crippen LogP contribution in [0.3, 0.4) is 0 Å². The summed E-state index contributed by atoms with van der Waals surface area (Å²) < 4.78 is 50.7. The first-order valence-corrected chi connectivity index (χ1v) is 11.6. The minimum atomic E-state index is -5.10. The van der Waals surface area contributed by atoms with Crippen molar-refractivity contribution in [1.82, 2.24) is 14.9 Å².